The Balaban J connectivity index is 1.46. The minimum Gasteiger partial charge on any atom is -0.388 e. The van der Waals surface area contributed by atoms with E-state index < -0.39 is 35.6 Å². The number of ether oxygens (including phenoxy) is 1. The molecule has 1 aromatic heterocycles. The number of para-hydroxylation sites is 1. The standard InChI is InChI=1S/C27H37NO5/c1-24(2,31)23-20(29)22(30)27(32)18-10-9-14-13-16-15-7-5-6-8-17(15)28-21(16)26(14,4)25(18,3)12-11-19(27)33-23/h5-8,14,18-20,22-23,28-32H,9-13H2,1-4H3/t14-,18+,19-,20+,22+,23-,25-,26+,27+/m0/s1. The van der Waals surface area contributed by atoms with Crippen LogP contribution in [0.4, 0.5) is 0 Å². The fourth-order valence-corrected chi connectivity index (χ4v) is 8.62. The second kappa shape index (κ2) is 6.61. The van der Waals surface area contributed by atoms with E-state index in [4.69, 9.17) is 4.74 Å². The first-order chi connectivity index (χ1) is 15.4. The zero-order chi connectivity index (χ0) is 23.6. The highest BCUT2D eigenvalue weighted by Gasteiger charge is 2.72. The maximum Gasteiger partial charge on any atom is 0.122 e. The van der Waals surface area contributed by atoms with Gasteiger partial charge in [-0.15, -0.1) is 0 Å². The molecule has 180 valence electrons. The highest BCUT2D eigenvalue weighted by Crippen LogP contribution is 2.69. The number of H-pyrrole nitrogens is 1. The van der Waals surface area contributed by atoms with Gasteiger partial charge in [0.15, 0.2) is 0 Å². The van der Waals surface area contributed by atoms with Crippen molar-refractivity contribution in [2.45, 2.75) is 101 Å². The van der Waals surface area contributed by atoms with Crippen molar-refractivity contribution in [3.05, 3.63) is 35.5 Å². The van der Waals surface area contributed by atoms with Crippen LogP contribution in [-0.2, 0) is 16.6 Å². The van der Waals surface area contributed by atoms with E-state index in [9.17, 15) is 20.4 Å². The van der Waals surface area contributed by atoms with Gasteiger partial charge in [0.2, 0.25) is 0 Å². The average molecular weight is 456 g/mol. The smallest absolute Gasteiger partial charge is 0.122 e. The van der Waals surface area contributed by atoms with Crippen LogP contribution in [0.5, 0.6) is 0 Å². The lowest BCUT2D eigenvalue weighted by Gasteiger charge is -2.67. The third-order valence-corrected chi connectivity index (χ3v) is 10.5. The number of hydrogen-bond acceptors (Lipinski definition) is 5. The molecule has 1 saturated heterocycles. The molecule has 4 aliphatic rings. The number of fused-ring (bicyclic) bond motifs is 9. The Hall–Kier alpha value is -1.44. The number of aromatic amines is 1. The van der Waals surface area contributed by atoms with Crippen molar-refractivity contribution in [3.63, 3.8) is 0 Å². The monoisotopic (exact) mass is 455 g/mol. The lowest BCUT2D eigenvalue weighted by Crippen LogP contribution is -2.77. The second-order valence-electron chi connectivity index (χ2n) is 12.2. The van der Waals surface area contributed by atoms with Gasteiger partial charge >= 0.3 is 0 Å². The molecule has 3 fully saturated rings. The minimum atomic E-state index is -1.56. The van der Waals surface area contributed by atoms with Crippen molar-refractivity contribution in [2.75, 3.05) is 0 Å². The molecule has 2 aromatic rings. The highest BCUT2D eigenvalue weighted by atomic mass is 16.6. The number of rotatable bonds is 1. The Kier molecular flexibility index (Phi) is 4.42. The quantitative estimate of drug-likeness (QED) is 0.455. The lowest BCUT2D eigenvalue weighted by atomic mass is 9.41. The maximum atomic E-state index is 12.2. The predicted octanol–water partition coefficient (Wildman–Crippen LogP) is 2.80. The van der Waals surface area contributed by atoms with Crippen LogP contribution in [0.25, 0.3) is 10.9 Å². The topological polar surface area (TPSA) is 106 Å². The van der Waals surface area contributed by atoms with Gasteiger partial charge in [0.05, 0.1) is 11.7 Å². The Morgan fingerprint density at radius 1 is 1.09 bits per heavy atom. The first kappa shape index (κ1) is 22.1. The molecule has 6 nitrogen and oxygen atoms in total. The molecule has 3 aliphatic carbocycles. The van der Waals surface area contributed by atoms with Crippen molar-refractivity contribution in [2.24, 2.45) is 17.3 Å². The predicted molar refractivity (Wildman–Crippen MR) is 125 cm³/mol. The van der Waals surface area contributed by atoms with E-state index in [2.05, 4.69) is 43.1 Å². The first-order valence-electron chi connectivity index (χ1n) is 12.5. The molecule has 33 heavy (non-hydrogen) atoms. The summed E-state index contributed by atoms with van der Waals surface area (Å²) >= 11 is 0. The van der Waals surface area contributed by atoms with E-state index in [0.29, 0.717) is 12.3 Å². The Bertz CT molecular complexity index is 1100. The molecule has 0 amide bonds. The SMILES string of the molecule is CC(C)(O)[C@H]1O[C@H]2CC[C@@]3(C)[C@@H](CC[C@H]4Cc5c([nH]c6ccccc56)[C@@]43C)[C@]2(O)[C@H](O)[C@H]1O. The summed E-state index contributed by atoms with van der Waals surface area (Å²) in [5.74, 6) is 0.246. The van der Waals surface area contributed by atoms with Crippen molar-refractivity contribution < 1.29 is 25.2 Å². The third-order valence-electron chi connectivity index (χ3n) is 10.5. The van der Waals surface area contributed by atoms with Crippen LogP contribution in [0.15, 0.2) is 24.3 Å². The largest absolute Gasteiger partial charge is 0.388 e. The Labute approximate surface area is 195 Å². The molecular formula is C27H37NO5. The summed E-state index contributed by atoms with van der Waals surface area (Å²) in [7, 11) is 0. The van der Waals surface area contributed by atoms with Gasteiger partial charge in [0.25, 0.3) is 0 Å². The zero-order valence-corrected chi connectivity index (χ0v) is 20.0. The molecule has 0 bridgehead atoms. The third kappa shape index (κ3) is 2.51. The van der Waals surface area contributed by atoms with E-state index in [1.165, 1.54) is 16.6 Å². The summed E-state index contributed by atoms with van der Waals surface area (Å²) in [6, 6.07) is 8.48. The highest BCUT2D eigenvalue weighted by molar-refractivity contribution is 5.86. The number of nitrogens with one attached hydrogen (secondary N) is 1. The minimum absolute atomic E-state index is 0.178. The summed E-state index contributed by atoms with van der Waals surface area (Å²) in [6.45, 7) is 7.78. The van der Waals surface area contributed by atoms with Crippen molar-refractivity contribution in [3.8, 4) is 0 Å². The molecule has 9 atom stereocenters. The molecule has 2 saturated carbocycles. The van der Waals surface area contributed by atoms with E-state index in [0.717, 1.165) is 31.2 Å². The van der Waals surface area contributed by atoms with Crippen LogP contribution in [0.1, 0.15) is 64.6 Å². The fourth-order valence-electron chi connectivity index (χ4n) is 8.62. The van der Waals surface area contributed by atoms with Crippen LogP contribution in [0.3, 0.4) is 0 Å². The van der Waals surface area contributed by atoms with Crippen LogP contribution >= 0.6 is 0 Å². The summed E-state index contributed by atoms with van der Waals surface area (Å²) in [5, 5.41) is 46.3. The summed E-state index contributed by atoms with van der Waals surface area (Å²) < 4.78 is 6.18. The number of benzene rings is 1. The number of aromatic nitrogens is 1. The molecular weight excluding hydrogens is 418 g/mol. The average Bonchev–Trinajstić information content (AvgIpc) is 3.26. The van der Waals surface area contributed by atoms with E-state index >= 15 is 0 Å². The molecule has 1 aliphatic heterocycles. The van der Waals surface area contributed by atoms with Crippen molar-refractivity contribution >= 4 is 10.9 Å². The van der Waals surface area contributed by atoms with Gasteiger partial charge in [-0.05, 0) is 74.8 Å². The number of aliphatic hydroxyl groups excluding tert-OH is 2. The van der Waals surface area contributed by atoms with E-state index in [-0.39, 0.29) is 16.7 Å². The van der Waals surface area contributed by atoms with Crippen molar-refractivity contribution in [1.82, 2.24) is 4.98 Å². The van der Waals surface area contributed by atoms with Gasteiger partial charge < -0.3 is 30.1 Å². The second-order valence-corrected chi connectivity index (χ2v) is 12.2. The molecule has 0 radical (unpaired) electrons. The molecule has 6 heteroatoms. The van der Waals surface area contributed by atoms with Gasteiger partial charge in [0, 0.05) is 22.0 Å². The van der Waals surface area contributed by atoms with Gasteiger partial charge in [-0.25, -0.2) is 0 Å². The van der Waals surface area contributed by atoms with Crippen LogP contribution in [0.2, 0.25) is 0 Å². The molecule has 0 spiro atoms. The van der Waals surface area contributed by atoms with Crippen LogP contribution in [-0.4, -0.2) is 61.0 Å². The van der Waals surface area contributed by atoms with E-state index in [1.807, 2.05) is 0 Å². The molecule has 1 aromatic carbocycles. The summed E-state index contributed by atoms with van der Waals surface area (Å²) in [4.78, 5) is 3.75. The van der Waals surface area contributed by atoms with Gasteiger partial charge in [-0.1, -0.05) is 32.0 Å². The maximum absolute atomic E-state index is 12.2. The van der Waals surface area contributed by atoms with Crippen LogP contribution < -0.4 is 0 Å². The zero-order valence-electron chi connectivity index (χ0n) is 20.0. The Morgan fingerprint density at radius 3 is 2.55 bits per heavy atom. The Morgan fingerprint density at radius 2 is 1.82 bits per heavy atom. The van der Waals surface area contributed by atoms with E-state index in [1.54, 1.807) is 13.8 Å². The van der Waals surface area contributed by atoms with Crippen molar-refractivity contribution in [1.29, 1.82) is 0 Å². The first-order valence-corrected chi connectivity index (χ1v) is 12.5. The van der Waals surface area contributed by atoms with Gasteiger partial charge in [0.1, 0.15) is 23.9 Å². The van der Waals surface area contributed by atoms with Gasteiger partial charge in [-0.2, -0.15) is 0 Å². The van der Waals surface area contributed by atoms with Gasteiger partial charge in [-0.3, -0.25) is 0 Å². The molecule has 5 N–H and O–H groups in total. The summed E-state index contributed by atoms with van der Waals surface area (Å²) in [5.41, 5.74) is 0.501. The number of aliphatic hydroxyl groups is 4. The lowest BCUT2D eigenvalue weighted by molar-refractivity contribution is -0.341. The number of hydrogen-bond donors (Lipinski definition) is 5. The normalized spacial score (nSPS) is 47.0. The molecule has 2 heterocycles. The molecule has 0 unspecified atom stereocenters. The fraction of sp³-hybridized carbons (Fsp3) is 0.704. The van der Waals surface area contributed by atoms with Crippen LogP contribution in [0, 0.1) is 17.3 Å². The molecule has 6 rings (SSSR count). The summed E-state index contributed by atoms with van der Waals surface area (Å²) in [6.07, 6.45) is -0.0804.